The van der Waals surface area contributed by atoms with Crippen LogP contribution in [0.25, 0.3) is 0 Å². The Morgan fingerprint density at radius 2 is 2.44 bits per heavy atom. The van der Waals surface area contributed by atoms with Crippen LogP contribution in [0.5, 0.6) is 0 Å². The number of amides is 2. The second kappa shape index (κ2) is 2.40. The Bertz CT molecular complexity index is 155. The van der Waals surface area contributed by atoms with Crippen molar-refractivity contribution in [1.82, 2.24) is 10.2 Å². The molecule has 1 aliphatic heterocycles. The maximum atomic E-state index is 10.7. The molecule has 1 N–H and O–H groups in total. The second-order valence-electron chi connectivity index (χ2n) is 1.85. The quantitative estimate of drug-likeness (QED) is 0.376. The van der Waals surface area contributed by atoms with Crippen molar-refractivity contribution in [2.45, 2.75) is 0 Å². The first kappa shape index (κ1) is 5.96. The molecule has 0 aromatic heterocycles. The normalized spacial score (nSPS) is 14.3. The van der Waals surface area contributed by atoms with Crippen LogP contribution in [0, 0.1) is 12.3 Å². The maximum absolute atomic E-state index is 10.7. The van der Waals surface area contributed by atoms with Crippen LogP contribution in [0.15, 0.2) is 0 Å². The zero-order valence-electron chi connectivity index (χ0n) is 5.05. The van der Waals surface area contributed by atoms with E-state index in [2.05, 4.69) is 11.2 Å². The van der Waals surface area contributed by atoms with Crippen LogP contribution in [0.4, 0.5) is 4.79 Å². The summed E-state index contributed by atoms with van der Waals surface area (Å²) in [6.45, 7) is 2.07. The lowest BCUT2D eigenvalue weighted by molar-refractivity contribution is 0.231. The van der Waals surface area contributed by atoms with E-state index in [-0.39, 0.29) is 6.03 Å². The minimum absolute atomic E-state index is 0.0482. The van der Waals surface area contributed by atoms with Crippen LogP contribution in [-0.2, 0) is 0 Å². The van der Waals surface area contributed by atoms with Crippen LogP contribution in [-0.4, -0.2) is 30.6 Å². The molecular weight excluding hydrogens is 116 g/mol. The monoisotopic (exact) mass is 124 g/mol. The van der Waals surface area contributed by atoms with Crippen molar-refractivity contribution < 1.29 is 4.79 Å². The number of hydrogen-bond donors (Lipinski definition) is 1. The molecule has 1 aliphatic rings. The molecule has 1 rings (SSSR count). The van der Waals surface area contributed by atoms with Crippen molar-refractivity contribution in [3.05, 3.63) is 0 Å². The van der Waals surface area contributed by atoms with Crippen LogP contribution in [0.3, 0.4) is 0 Å². The molecule has 1 fully saturated rings. The van der Waals surface area contributed by atoms with Gasteiger partial charge in [-0.15, -0.1) is 6.42 Å². The number of nitrogens with zero attached hydrogens (tertiary/aromatic N) is 1. The summed E-state index contributed by atoms with van der Waals surface area (Å²) in [5, 5.41) is 2.55. The van der Waals surface area contributed by atoms with E-state index in [4.69, 9.17) is 6.42 Å². The summed E-state index contributed by atoms with van der Waals surface area (Å²) in [4.78, 5) is 12.4. The van der Waals surface area contributed by atoms with Gasteiger partial charge in [-0.05, 0) is 0 Å². The van der Waals surface area contributed by atoms with E-state index < -0.39 is 0 Å². The Kier molecular flexibility index (Phi) is 1.59. The highest BCUT2D eigenvalue weighted by atomic mass is 16.2. The van der Waals surface area contributed by atoms with E-state index in [0.717, 1.165) is 13.1 Å². The van der Waals surface area contributed by atoms with Crippen molar-refractivity contribution in [2.75, 3.05) is 19.6 Å². The van der Waals surface area contributed by atoms with E-state index in [0.29, 0.717) is 6.54 Å². The third-order valence-corrected chi connectivity index (χ3v) is 1.08. The van der Waals surface area contributed by atoms with Crippen molar-refractivity contribution in [1.29, 1.82) is 0 Å². The van der Waals surface area contributed by atoms with Gasteiger partial charge in [0, 0.05) is 13.1 Å². The van der Waals surface area contributed by atoms with Crippen LogP contribution in [0.1, 0.15) is 0 Å². The lowest BCUT2D eigenvalue weighted by atomic mass is 10.7. The molecule has 0 aliphatic carbocycles. The average molecular weight is 124 g/mol. The first-order chi connectivity index (χ1) is 4.34. The van der Waals surface area contributed by atoms with Crippen molar-refractivity contribution >= 4 is 6.03 Å². The number of carbonyl (C=O) groups is 1. The highest BCUT2D eigenvalue weighted by molar-refractivity contribution is 5.76. The summed E-state index contributed by atoms with van der Waals surface area (Å²) < 4.78 is 0. The van der Waals surface area contributed by atoms with Crippen molar-refractivity contribution in [3.8, 4) is 12.3 Å². The number of carbonyl (C=O) groups excluding carboxylic acids is 1. The fourth-order valence-electron chi connectivity index (χ4n) is 0.492. The number of hydrogen-bond acceptors (Lipinski definition) is 1. The van der Waals surface area contributed by atoms with Gasteiger partial charge in [-0.3, -0.25) is 0 Å². The molecule has 0 saturated carbocycles. The molecule has 0 aromatic rings. The minimum Gasteiger partial charge on any atom is -0.327 e. The summed E-state index contributed by atoms with van der Waals surface area (Å²) in [6.07, 6.45) is 4.91. The lowest BCUT2D eigenvalue weighted by Gasteiger charge is -1.98. The summed E-state index contributed by atoms with van der Waals surface area (Å²) in [7, 11) is 0. The highest BCUT2D eigenvalue weighted by Gasteiger charge is 2.22. The van der Waals surface area contributed by atoms with Gasteiger partial charge in [-0.25, -0.2) is 4.79 Å². The van der Waals surface area contributed by atoms with E-state index in [1.807, 2.05) is 0 Å². The predicted molar refractivity (Wildman–Crippen MR) is 33.8 cm³/mol. The fraction of sp³-hybridized carbons (Fsp3) is 0.500. The summed E-state index contributed by atoms with van der Waals surface area (Å²) in [6, 6.07) is -0.0482. The summed E-state index contributed by atoms with van der Waals surface area (Å²) in [5.74, 6) is 2.32. The van der Waals surface area contributed by atoms with Gasteiger partial charge in [0.2, 0.25) is 0 Å². The molecule has 0 atom stereocenters. The van der Waals surface area contributed by atoms with Gasteiger partial charge in [-0.1, -0.05) is 5.92 Å². The van der Waals surface area contributed by atoms with Gasteiger partial charge in [0.25, 0.3) is 0 Å². The maximum Gasteiger partial charge on any atom is 0.318 e. The van der Waals surface area contributed by atoms with Crippen LogP contribution in [0.2, 0.25) is 0 Å². The Labute approximate surface area is 54.0 Å². The number of nitrogens with one attached hydrogen (secondary N) is 1. The molecule has 1 heterocycles. The van der Waals surface area contributed by atoms with Gasteiger partial charge in [0.05, 0.1) is 6.54 Å². The topological polar surface area (TPSA) is 32.1 Å². The molecule has 0 unspecified atom stereocenters. The third kappa shape index (κ3) is 1.65. The van der Waals surface area contributed by atoms with Crippen molar-refractivity contribution in [3.63, 3.8) is 0 Å². The highest BCUT2D eigenvalue weighted by Crippen LogP contribution is 2.01. The molecule has 0 radical (unpaired) electrons. The molecule has 0 spiro atoms. The molecular formula is C6H8N2O. The predicted octanol–water partition coefficient (Wildman–Crippen LogP) is -0.355. The van der Waals surface area contributed by atoms with E-state index in [1.165, 1.54) is 0 Å². The second-order valence-corrected chi connectivity index (χ2v) is 1.85. The minimum atomic E-state index is -0.0482. The van der Waals surface area contributed by atoms with Gasteiger partial charge in [-0.2, -0.15) is 0 Å². The van der Waals surface area contributed by atoms with Gasteiger partial charge < -0.3 is 10.2 Å². The molecule has 0 aromatic carbocycles. The first-order valence-corrected chi connectivity index (χ1v) is 2.81. The summed E-state index contributed by atoms with van der Waals surface area (Å²) >= 11 is 0. The van der Waals surface area contributed by atoms with E-state index in [9.17, 15) is 4.79 Å². The Morgan fingerprint density at radius 1 is 1.78 bits per heavy atom. The Morgan fingerprint density at radius 3 is 2.89 bits per heavy atom. The van der Waals surface area contributed by atoms with Crippen molar-refractivity contribution in [2.24, 2.45) is 0 Å². The van der Waals surface area contributed by atoms with Gasteiger partial charge in [0.15, 0.2) is 0 Å². The average Bonchev–Trinajstić information content (AvgIpc) is 2.63. The zero-order chi connectivity index (χ0) is 6.69. The standard InChI is InChI=1S/C6H8N2O/c1-2-3-7-6(9)8-4-5-8/h1H,3-5H2,(H,7,9). The van der Waals surface area contributed by atoms with Gasteiger partial charge in [0.1, 0.15) is 0 Å². The largest absolute Gasteiger partial charge is 0.327 e. The van der Waals surface area contributed by atoms with Gasteiger partial charge >= 0.3 is 6.03 Å². The number of urea groups is 1. The SMILES string of the molecule is C#CCNC(=O)N1CC1. The lowest BCUT2D eigenvalue weighted by Crippen LogP contribution is -2.28. The molecule has 3 heteroatoms. The molecule has 0 bridgehead atoms. The van der Waals surface area contributed by atoms with Crippen LogP contribution >= 0.6 is 0 Å². The zero-order valence-corrected chi connectivity index (χ0v) is 5.05. The smallest absolute Gasteiger partial charge is 0.318 e. The Hall–Kier alpha value is -1.17. The number of terminal acetylenes is 1. The Balaban J connectivity index is 2.12. The van der Waals surface area contributed by atoms with E-state index in [1.54, 1.807) is 4.90 Å². The first-order valence-electron chi connectivity index (χ1n) is 2.81. The third-order valence-electron chi connectivity index (χ3n) is 1.08. The molecule has 48 valence electrons. The molecule has 9 heavy (non-hydrogen) atoms. The summed E-state index contributed by atoms with van der Waals surface area (Å²) in [5.41, 5.74) is 0. The van der Waals surface area contributed by atoms with Crippen LogP contribution < -0.4 is 5.32 Å². The molecule has 1 saturated heterocycles. The molecule has 2 amide bonds. The fourth-order valence-corrected chi connectivity index (χ4v) is 0.492. The number of rotatable bonds is 1. The molecule has 3 nitrogen and oxygen atoms in total. The van der Waals surface area contributed by atoms with E-state index >= 15 is 0 Å².